The summed E-state index contributed by atoms with van der Waals surface area (Å²) in [7, 11) is 0. The fraction of sp³-hybridized carbons (Fsp3) is 0.286. The van der Waals surface area contributed by atoms with E-state index < -0.39 is 23.9 Å². The van der Waals surface area contributed by atoms with Gasteiger partial charge in [-0.3, -0.25) is 14.4 Å². The van der Waals surface area contributed by atoms with Gasteiger partial charge in [-0.2, -0.15) is 0 Å². The van der Waals surface area contributed by atoms with Crippen molar-refractivity contribution in [2.24, 2.45) is 0 Å². The van der Waals surface area contributed by atoms with Gasteiger partial charge in [-0.15, -0.1) is 0 Å². The molecule has 0 saturated carbocycles. The Labute approximate surface area is 173 Å². The minimum atomic E-state index is -1.06. The summed E-state index contributed by atoms with van der Waals surface area (Å²) in [4.78, 5) is 36.6. The Kier molecular flexibility index (Phi) is 6.74. The fourth-order valence-corrected chi connectivity index (χ4v) is 2.69. The average molecular weight is 414 g/mol. The number of hydrogen-bond donors (Lipinski definition) is 2. The topological polar surface area (TPSA) is 112 Å². The van der Waals surface area contributed by atoms with Crippen molar-refractivity contribution in [3.63, 3.8) is 0 Å². The number of benzene rings is 2. The van der Waals surface area contributed by atoms with Gasteiger partial charge in [0, 0.05) is 11.8 Å². The van der Waals surface area contributed by atoms with Crippen LogP contribution in [0.5, 0.6) is 17.2 Å². The number of ether oxygens (including phenoxy) is 4. The summed E-state index contributed by atoms with van der Waals surface area (Å²) in [6.07, 6.45) is -1.06. The first-order valence-corrected chi connectivity index (χ1v) is 9.38. The molecule has 0 spiro atoms. The normalized spacial score (nSPS) is 12.6. The van der Waals surface area contributed by atoms with E-state index in [1.165, 1.54) is 6.92 Å². The molecule has 1 heterocycles. The first-order chi connectivity index (χ1) is 14.5. The van der Waals surface area contributed by atoms with Gasteiger partial charge in [-0.1, -0.05) is 12.1 Å². The summed E-state index contributed by atoms with van der Waals surface area (Å²) in [5.74, 6) is -0.210. The molecule has 9 nitrogen and oxygen atoms in total. The van der Waals surface area contributed by atoms with Crippen LogP contribution in [-0.4, -0.2) is 43.8 Å². The lowest BCUT2D eigenvalue weighted by Crippen LogP contribution is -2.36. The molecule has 0 bridgehead atoms. The molecule has 30 heavy (non-hydrogen) atoms. The van der Waals surface area contributed by atoms with Crippen LogP contribution >= 0.6 is 0 Å². The molecule has 0 fully saturated rings. The van der Waals surface area contributed by atoms with E-state index in [2.05, 4.69) is 10.6 Å². The number of hydrogen-bond acceptors (Lipinski definition) is 7. The lowest BCUT2D eigenvalue weighted by Gasteiger charge is -2.14. The lowest BCUT2D eigenvalue weighted by atomic mass is 10.2. The Hall–Kier alpha value is -3.75. The van der Waals surface area contributed by atoms with Crippen molar-refractivity contribution in [1.29, 1.82) is 0 Å². The molecule has 2 N–H and O–H groups in total. The zero-order valence-electron chi connectivity index (χ0n) is 16.6. The van der Waals surface area contributed by atoms with E-state index in [1.54, 1.807) is 42.5 Å². The Balaban J connectivity index is 1.48. The molecule has 1 aliphatic rings. The van der Waals surface area contributed by atoms with Gasteiger partial charge < -0.3 is 29.6 Å². The molecule has 1 atom stereocenters. The number of anilines is 1. The molecule has 0 radical (unpaired) electrons. The standard InChI is InChI=1S/C21H22N2O7/c1-3-27-16-7-5-4-6-15(16)21(26)22-11-19(24)30-13(2)20(25)23-14-8-9-17-18(10-14)29-12-28-17/h4-10,13H,3,11-12H2,1-2H3,(H,22,26)(H,23,25)/t13-/m1/s1. The van der Waals surface area contributed by atoms with E-state index in [-0.39, 0.29) is 13.3 Å². The number of esters is 1. The third-order valence-electron chi connectivity index (χ3n) is 4.14. The van der Waals surface area contributed by atoms with Crippen LogP contribution in [0.3, 0.4) is 0 Å². The Morgan fingerprint density at radius 3 is 2.67 bits per heavy atom. The van der Waals surface area contributed by atoms with Crippen LogP contribution in [-0.2, 0) is 14.3 Å². The number of nitrogens with one attached hydrogen (secondary N) is 2. The number of amides is 2. The van der Waals surface area contributed by atoms with Crippen LogP contribution in [0.1, 0.15) is 24.2 Å². The number of carbonyl (C=O) groups is 3. The molecule has 9 heteroatoms. The fourth-order valence-electron chi connectivity index (χ4n) is 2.69. The monoisotopic (exact) mass is 414 g/mol. The molecule has 0 saturated heterocycles. The lowest BCUT2D eigenvalue weighted by molar-refractivity contribution is -0.152. The van der Waals surface area contributed by atoms with Crippen LogP contribution in [0.25, 0.3) is 0 Å². The SMILES string of the molecule is CCOc1ccccc1C(=O)NCC(=O)O[C@H](C)C(=O)Nc1ccc2c(c1)OCO2. The minimum absolute atomic E-state index is 0.127. The highest BCUT2D eigenvalue weighted by molar-refractivity contribution is 5.99. The third kappa shape index (κ3) is 5.19. The van der Waals surface area contributed by atoms with E-state index in [4.69, 9.17) is 18.9 Å². The zero-order chi connectivity index (χ0) is 21.5. The number of fused-ring (bicyclic) bond motifs is 1. The molecule has 2 aromatic rings. The van der Waals surface area contributed by atoms with Gasteiger partial charge >= 0.3 is 5.97 Å². The third-order valence-corrected chi connectivity index (χ3v) is 4.14. The Morgan fingerprint density at radius 2 is 1.87 bits per heavy atom. The summed E-state index contributed by atoms with van der Waals surface area (Å²) < 4.78 is 20.9. The predicted octanol–water partition coefficient (Wildman–Crippen LogP) is 2.11. The molecule has 0 unspecified atom stereocenters. The van der Waals surface area contributed by atoms with E-state index in [9.17, 15) is 14.4 Å². The molecule has 3 rings (SSSR count). The zero-order valence-corrected chi connectivity index (χ0v) is 16.6. The van der Waals surface area contributed by atoms with Crippen LogP contribution in [0, 0.1) is 0 Å². The van der Waals surface area contributed by atoms with Crippen LogP contribution in [0.15, 0.2) is 42.5 Å². The number of rotatable bonds is 8. The minimum Gasteiger partial charge on any atom is -0.493 e. The second-order valence-corrected chi connectivity index (χ2v) is 6.30. The highest BCUT2D eigenvalue weighted by atomic mass is 16.7. The van der Waals surface area contributed by atoms with Crippen molar-refractivity contribution < 1.29 is 33.3 Å². The van der Waals surface area contributed by atoms with E-state index >= 15 is 0 Å². The summed E-state index contributed by atoms with van der Waals surface area (Å²) in [6, 6.07) is 11.6. The molecule has 2 amide bonds. The molecule has 158 valence electrons. The smallest absolute Gasteiger partial charge is 0.326 e. The highest BCUT2D eigenvalue weighted by Gasteiger charge is 2.21. The van der Waals surface area contributed by atoms with E-state index in [1.807, 2.05) is 6.92 Å². The molecular formula is C21H22N2O7. The summed E-state index contributed by atoms with van der Waals surface area (Å²) in [6.45, 7) is 3.39. The van der Waals surface area contributed by atoms with Gasteiger partial charge in [0.05, 0.1) is 12.2 Å². The molecule has 0 aliphatic carbocycles. The van der Waals surface area contributed by atoms with Crippen LogP contribution < -0.4 is 24.8 Å². The van der Waals surface area contributed by atoms with Gasteiger partial charge in [0.15, 0.2) is 17.6 Å². The summed E-state index contributed by atoms with van der Waals surface area (Å²) >= 11 is 0. The predicted molar refractivity (Wildman–Crippen MR) is 107 cm³/mol. The highest BCUT2D eigenvalue weighted by Crippen LogP contribution is 2.34. The molecule has 2 aromatic carbocycles. The maximum absolute atomic E-state index is 12.3. The van der Waals surface area contributed by atoms with Crippen molar-refractivity contribution in [2.45, 2.75) is 20.0 Å². The summed E-state index contributed by atoms with van der Waals surface area (Å²) in [5, 5.41) is 5.10. The first-order valence-electron chi connectivity index (χ1n) is 9.38. The van der Waals surface area contributed by atoms with E-state index in [0.717, 1.165) is 0 Å². The second kappa shape index (κ2) is 9.64. The van der Waals surface area contributed by atoms with Crippen molar-refractivity contribution >= 4 is 23.5 Å². The van der Waals surface area contributed by atoms with E-state index in [0.29, 0.717) is 35.1 Å². The summed E-state index contributed by atoms with van der Waals surface area (Å²) in [5.41, 5.74) is 0.786. The van der Waals surface area contributed by atoms with Crippen molar-refractivity contribution in [3.05, 3.63) is 48.0 Å². The first kappa shape index (κ1) is 21.0. The van der Waals surface area contributed by atoms with Gasteiger partial charge in [0.2, 0.25) is 6.79 Å². The largest absolute Gasteiger partial charge is 0.493 e. The van der Waals surface area contributed by atoms with Crippen LogP contribution in [0.2, 0.25) is 0 Å². The quantitative estimate of drug-likeness (QED) is 0.636. The average Bonchev–Trinajstić information content (AvgIpc) is 3.20. The van der Waals surface area contributed by atoms with Gasteiger partial charge in [-0.25, -0.2) is 0 Å². The Morgan fingerprint density at radius 1 is 1.10 bits per heavy atom. The molecule has 0 aromatic heterocycles. The van der Waals surface area contributed by atoms with Gasteiger partial charge in [0.1, 0.15) is 12.3 Å². The van der Waals surface area contributed by atoms with Gasteiger partial charge in [-0.05, 0) is 38.1 Å². The molecule has 1 aliphatic heterocycles. The maximum Gasteiger partial charge on any atom is 0.326 e. The molecular weight excluding hydrogens is 392 g/mol. The Bertz CT molecular complexity index is 945. The second-order valence-electron chi connectivity index (χ2n) is 6.30. The number of carbonyl (C=O) groups excluding carboxylic acids is 3. The van der Waals surface area contributed by atoms with Crippen LogP contribution in [0.4, 0.5) is 5.69 Å². The van der Waals surface area contributed by atoms with Crippen molar-refractivity contribution in [3.8, 4) is 17.2 Å². The van der Waals surface area contributed by atoms with Crippen molar-refractivity contribution in [1.82, 2.24) is 5.32 Å². The van der Waals surface area contributed by atoms with Crippen molar-refractivity contribution in [2.75, 3.05) is 25.3 Å². The van der Waals surface area contributed by atoms with Gasteiger partial charge in [0.25, 0.3) is 11.8 Å². The number of para-hydroxylation sites is 1. The maximum atomic E-state index is 12.3.